The van der Waals surface area contributed by atoms with Crippen LogP contribution in [0.4, 0.5) is 0 Å². The van der Waals surface area contributed by atoms with E-state index >= 15 is 0 Å². The minimum Gasteiger partial charge on any atom is -0.361 e. The molecule has 0 radical (unpaired) electrons. The molecule has 118 valence electrons. The van der Waals surface area contributed by atoms with Gasteiger partial charge in [-0.15, -0.1) is 0 Å². The van der Waals surface area contributed by atoms with E-state index in [1.807, 2.05) is 6.20 Å². The Labute approximate surface area is 129 Å². The number of carbonyl (C=O) groups is 1. The third-order valence-electron chi connectivity index (χ3n) is 3.98. The van der Waals surface area contributed by atoms with Crippen molar-refractivity contribution in [3.8, 4) is 0 Å². The Hall–Kier alpha value is -2.11. The van der Waals surface area contributed by atoms with Crippen LogP contribution < -0.4 is 5.32 Å². The van der Waals surface area contributed by atoms with Gasteiger partial charge >= 0.3 is 0 Å². The third-order valence-corrected chi connectivity index (χ3v) is 3.98. The molecule has 0 bridgehead atoms. The van der Waals surface area contributed by atoms with E-state index in [1.165, 1.54) is 5.69 Å². The van der Waals surface area contributed by atoms with E-state index in [9.17, 15) is 4.79 Å². The normalized spacial score (nSPS) is 18.1. The fraction of sp³-hybridized carbons (Fsp3) is 0.562. The van der Waals surface area contributed by atoms with E-state index in [4.69, 9.17) is 4.52 Å². The van der Waals surface area contributed by atoms with Gasteiger partial charge in [0.15, 0.2) is 5.69 Å². The maximum Gasteiger partial charge on any atom is 0.273 e. The van der Waals surface area contributed by atoms with E-state index in [2.05, 4.69) is 41.0 Å². The van der Waals surface area contributed by atoms with Gasteiger partial charge in [-0.3, -0.25) is 9.48 Å². The summed E-state index contributed by atoms with van der Waals surface area (Å²) >= 11 is 0. The largest absolute Gasteiger partial charge is 0.361 e. The van der Waals surface area contributed by atoms with Gasteiger partial charge in [-0.25, -0.2) is 0 Å². The molecule has 1 atom stereocenters. The topological polar surface area (TPSA) is 73.0 Å². The summed E-state index contributed by atoms with van der Waals surface area (Å²) in [6.07, 6.45) is 4.85. The molecular weight excluding hydrogens is 280 g/mol. The molecule has 6 heteroatoms. The highest BCUT2D eigenvalue weighted by Gasteiger charge is 2.29. The van der Waals surface area contributed by atoms with Gasteiger partial charge in [-0.2, -0.15) is 5.10 Å². The van der Waals surface area contributed by atoms with Crippen molar-refractivity contribution in [2.24, 2.45) is 0 Å². The van der Waals surface area contributed by atoms with Crippen LogP contribution in [0.25, 0.3) is 0 Å². The van der Waals surface area contributed by atoms with Crippen molar-refractivity contribution in [2.75, 3.05) is 0 Å². The second-order valence-corrected chi connectivity index (χ2v) is 6.87. The first-order valence-electron chi connectivity index (χ1n) is 7.68. The Kier molecular flexibility index (Phi) is 3.54. The second-order valence-electron chi connectivity index (χ2n) is 6.87. The first kappa shape index (κ1) is 14.8. The number of hydrogen-bond donors (Lipinski definition) is 1. The van der Waals surface area contributed by atoms with E-state index in [1.54, 1.807) is 13.0 Å². The Morgan fingerprint density at radius 2 is 2.23 bits per heavy atom. The number of hydrogen-bond acceptors (Lipinski definition) is 4. The molecule has 0 aliphatic heterocycles. The molecule has 3 rings (SSSR count). The van der Waals surface area contributed by atoms with Crippen molar-refractivity contribution >= 4 is 5.91 Å². The standard InChI is InChI=1S/C16H22N4O2/c1-10-8-13(19-22-10)15(21)18-12-6-5-7-14-11(12)9-17-20(14)16(2,3)4/h8-9,12H,5-7H2,1-4H3,(H,18,21)/t12-/m1/s1. The van der Waals surface area contributed by atoms with Gasteiger partial charge < -0.3 is 9.84 Å². The number of amides is 1. The second kappa shape index (κ2) is 5.26. The number of nitrogens with zero attached hydrogens (tertiary/aromatic N) is 3. The molecule has 1 aliphatic carbocycles. The molecule has 1 amide bonds. The molecule has 2 aromatic heterocycles. The first-order valence-corrected chi connectivity index (χ1v) is 7.68. The molecule has 1 N–H and O–H groups in total. The summed E-state index contributed by atoms with van der Waals surface area (Å²) in [7, 11) is 0. The van der Waals surface area contributed by atoms with Crippen LogP contribution in [0.15, 0.2) is 16.8 Å². The van der Waals surface area contributed by atoms with Gasteiger partial charge in [0, 0.05) is 17.3 Å². The van der Waals surface area contributed by atoms with Crippen LogP contribution in [0.3, 0.4) is 0 Å². The predicted molar refractivity (Wildman–Crippen MR) is 81.6 cm³/mol. The van der Waals surface area contributed by atoms with Crippen molar-refractivity contribution in [1.29, 1.82) is 0 Å². The van der Waals surface area contributed by atoms with Gasteiger partial charge in [0.2, 0.25) is 0 Å². The molecule has 0 spiro atoms. The van der Waals surface area contributed by atoms with Gasteiger partial charge in [0.1, 0.15) is 5.76 Å². The molecule has 2 heterocycles. The van der Waals surface area contributed by atoms with E-state index in [-0.39, 0.29) is 17.5 Å². The fourth-order valence-electron chi connectivity index (χ4n) is 2.99. The lowest BCUT2D eigenvalue weighted by molar-refractivity contribution is 0.0923. The number of aryl methyl sites for hydroxylation is 1. The Bertz CT molecular complexity index is 693. The molecule has 2 aromatic rings. The molecule has 0 saturated heterocycles. The Balaban J connectivity index is 1.83. The molecule has 0 aromatic carbocycles. The summed E-state index contributed by atoms with van der Waals surface area (Å²) in [4.78, 5) is 12.3. The zero-order chi connectivity index (χ0) is 15.9. The van der Waals surface area contributed by atoms with Crippen LogP contribution in [-0.4, -0.2) is 20.8 Å². The lowest BCUT2D eigenvalue weighted by atomic mass is 9.92. The number of carbonyl (C=O) groups excluding carboxylic acids is 1. The van der Waals surface area contributed by atoms with E-state index < -0.39 is 0 Å². The lowest BCUT2D eigenvalue weighted by Gasteiger charge is -2.28. The summed E-state index contributed by atoms with van der Waals surface area (Å²) in [6, 6.07) is 1.64. The molecule has 6 nitrogen and oxygen atoms in total. The van der Waals surface area contributed by atoms with Crippen molar-refractivity contribution in [3.63, 3.8) is 0 Å². The highest BCUT2D eigenvalue weighted by molar-refractivity contribution is 5.92. The van der Waals surface area contributed by atoms with Crippen molar-refractivity contribution in [3.05, 3.63) is 35.0 Å². The molecule has 0 fully saturated rings. The Morgan fingerprint density at radius 3 is 2.86 bits per heavy atom. The predicted octanol–water partition coefficient (Wildman–Crippen LogP) is 2.74. The molecular formula is C16H22N4O2. The van der Waals surface area contributed by atoms with Crippen molar-refractivity contribution < 1.29 is 9.32 Å². The number of nitrogens with one attached hydrogen (secondary N) is 1. The minimum absolute atomic E-state index is 0.00986. The first-order chi connectivity index (χ1) is 10.4. The van der Waals surface area contributed by atoms with Gasteiger partial charge in [-0.1, -0.05) is 5.16 Å². The van der Waals surface area contributed by atoms with Crippen LogP contribution in [0.2, 0.25) is 0 Å². The van der Waals surface area contributed by atoms with E-state index in [0.29, 0.717) is 11.5 Å². The lowest BCUT2D eigenvalue weighted by Crippen LogP contribution is -2.32. The van der Waals surface area contributed by atoms with Gasteiger partial charge in [-0.05, 0) is 47.0 Å². The zero-order valence-corrected chi connectivity index (χ0v) is 13.5. The maximum absolute atomic E-state index is 12.3. The van der Waals surface area contributed by atoms with Crippen LogP contribution in [0.5, 0.6) is 0 Å². The van der Waals surface area contributed by atoms with E-state index in [0.717, 1.165) is 24.8 Å². The summed E-state index contributed by atoms with van der Waals surface area (Å²) < 4.78 is 7.04. The number of fused-ring (bicyclic) bond motifs is 1. The molecule has 0 unspecified atom stereocenters. The van der Waals surface area contributed by atoms with Crippen molar-refractivity contribution in [2.45, 2.75) is 58.5 Å². The minimum atomic E-state index is -0.196. The van der Waals surface area contributed by atoms with Gasteiger partial charge in [0.25, 0.3) is 5.91 Å². The van der Waals surface area contributed by atoms with Gasteiger partial charge in [0.05, 0.1) is 17.8 Å². The molecule has 1 aliphatic rings. The third kappa shape index (κ3) is 2.65. The highest BCUT2D eigenvalue weighted by Crippen LogP contribution is 2.32. The summed E-state index contributed by atoms with van der Waals surface area (Å²) in [6.45, 7) is 8.19. The van der Waals surface area contributed by atoms with Crippen LogP contribution in [0, 0.1) is 6.92 Å². The SMILES string of the molecule is Cc1cc(C(=O)N[C@@H]2CCCc3c2cnn3C(C)(C)C)no1. The molecule has 0 saturated carbocycles. The van der Waals surface area contributed by atoms with Crippen molar-refractivity contribution in [1.82, 2.24) is 20.3 Å². The average molecular weight is 302 g/mol. The van der Waals surface area contributed by atoms with Crippen LogP contribution in [0.1, 0.15) is 67.2 Å². The smallest absolute Gasteiger partial charge is 0.273 e. The molecule has 22 heavy (non-hydrogen) atoms. The quantitative estimate of drug-likeness (QED) is 0.925. The average Bonchev–Trinajstić information content (AvgIpc) is 3.04. The summed E-state index contributed by atoms with van der Waals surface area (Å²) in [5, 5.41) is 11.4. The maximum atomic E-state index is 12.3. The summed E-state index contributed by atoms with van der Waals surface area (Å²) in [5.74, 6) is 0.438. The van der Waals surface area contributed by atoms with Crippen LogP contribution in [-0.2, 0) is 12.0 Å². The number of aromatic nitrogens is 3. The fourth-order valence-corrected chi connectivity index (χ4v) is 2.99. The Morgan fingerprint density at radius 1 is 1.45 bits per heavy atom. The zero-order valence-electron chi connectivity index (χ0n) is 13.5. The monoisotopic (exact) mass is 302 g/mol. The highest BCUT2D eigenvalue weighted by atomic mass is 16.5. The number of rotatable bonds is 2. The summed E-state index contributed by atoms with van der Waals surface area (Å²) in [5.41, 5.74) is 2.62. The van der Waals surface area contributed by atoms with Crippen LogP contribution >= 0.6 is 0 Å².